The monoisotopic (exact) mass is 343 g/mol. The maximum Gasteiger partial charge on any atom is 0.303 e. The average Bonchev–Trinajstić information content (AvgIpc) is 2.61. The predicted octanol–water partition coefficient (Wildman–Crippen LogP) is 3.22. The molecule has 1 fully saturated rings. The highest BCUT2D eigenvalue weighted by Crippen LogP contribution is 2.44. The fourth-order valence-corrected chi connectivity index (χ4v) is 3.59. The maximum absolute atomic E-state index is 12.4. The molecule has 0 saturated carbocycles. The molecular formula is C18H17NO4S. The molecule has 0 spiro atoms. The van der Waals surface area contributed by atoms with E-state index in [4.69, 9.17) is 9.47 Å². The molecule has 1 amide bonds. The van der Waals surface area contributed by atoms with E-state index in [1.807, 2.05) is 54.6 Å². The van der Waals surface area contributed by atoms with Gasteiger partial charge in [0.05, 0.1) is 7.11 Å². The quantitative estimate of drug-likeness (QED) is 0.474. The van der Waals surface area contributed by atoms with Crippen LogP contribution in [0.3, 0.4) is 0 Å². The zero-order valence-corrected chi connectivity index (χ0v) is 14.2. The molecule has 0 aliphatic carbocycles. The van der Waals surface area contributed by atoms with Crippen molar-refractivity contribution in [3.63, 3.8) is 0 Å². The maximum atomic E-state index is 12.4. The first-order valence-electron chi connectivity index (χ1n) is 7.47. The number of carbonyl (C=O) groups is 2. The van der Waals surface area contributed by atoms with Crippen molar-refractivity contribution in [2.24, 2.45) is 0 Å². The Morgan fingerprint density at radius 3 is 2.33 bits per heavy atom. The molecule has 124 valence electrons. The minimum Gasteiger partial charge on any atom is -0.497 e. The molecule has 3 rings (SSSR count). The van der Waals surface area contributed by atoms with Crippen LogP contribution < -0.4 is 4.74 Å². The van der Waals surface area contributed by atoms with Crippen LogP contribution in [0.5, 0.6) is 5.75 Å². The number of nitrogens with zero attached hydrogens (tertiary/aromatic N) is 1. The second-order valence-electron chi connectivity index (χ2n) is 5.32. The van der Waals surface area contributed by atoms with Crippen LogP contribution in [0.2, 0.25) is 0 Å². The molecule has 0 radical (unpaired) electrons. The van der Waals surface area contributed by atoms with E-state index in [-0.39, 0.29) is 11.9 Å². The summed E-state index contributed by atoms with van der Waals surface area (Å²) in [6.45, 7) is 1.31. The number of esters is 1. The Bertz CT molecular complexity index is 732. The number of hydrogen-bond acceptors (Lipinski definition) is 5. The van der Waals surface area contributed by atoms with Gasteiger partial charge in [-0.3, -0.25) is 13.9 Å². The summed E-state index contributed by atoms with van der Waals surface area (Å²) >= 11 is 1.34. The highest BCUT2D eigenvalue weighted by atomic mass is 32.2. The van der Waals surface area contributed by atoms with E-state index in [0.717, 1.165) is 16.2 Å². The van der Waals surface area contributed by atoms with Gasteiger partial charge in [0.1, 0.15) is 11.8 Å². The summed E-state index contributed by atoms with van der Waals surface area (Å²) in [5.74, 6) is 0.0618. The van der Waals surface area contributed by atoms with E-state index in [1.54, 1.807) is 11.4 Å². The van der Waals surface area contributed by atoms with E-state index < -0.39 is 12.1 Å². The van der Waals surface area contributed by atoms with Gasteiger partial charge >= 0.3 is 5.97 Å². The van der Waals surface area contributed by atoms with Gasteiger partial charge in [-0.25, -0.2) is 0 Å². The van der Waals surface area contributed by atoms with Crippen LogP contribution in [-0.4, -0.2) is 29.4 Å². The van der Waals surface area contributed by atoms with Crippen molar-refractivity contribution in [1.82, 2.24) is 4.31 Å². The number of methoxy groups -OCH3 is 1. The van der Waals surface area contributed by atoms with Crippen LogP contribution >= 0.6 is 11.9 Å². The third-order valence-electron chi connectivity index (χ3n) is 3.70. The molecule has 2 aromatic carbocycles. The van der Waals surface area contributed by atoms with Crippen LogP contribution in [-0.2, 0) is 14.3 Å². The van der Waals surface area contributed by atoms with Crippen LogP contribution in [0.1, 0.15) is 18.5 Å². The smallest absolute Gasteiger partial charge is 0.303 e. The van der Waals surface area contributed by atoms with Crippen molar-refractivity contribution in [1.29, 1.82) is 0 Å². The van der Waals surface area contributed by atoms with E-state index in [0.29, 0.717) is 0 Å². The summed E-state index contributed by atoms with van der Waals surface area (Å²) in [5.41, 5.74) is 0.894. The van der Waals surface area contributed by atoms with Crippen LogP contribution in [0.15, 0.2) is 59.5 Å². The van der Waals surface area contributed by atoms with Crippen LogP contribution in [0.25, 0.3) is 0 Å². The lowest BCUT2D eigenvalue weighted by Crippen LogP contribution is -2.56. The van der Waals surface area contributed by atoms with Gasteiger partial charge in [0.25, 0.3) is 5.91 Å². The van der Waals surface area contributed by atoms with Gasteiger partial charge in [-0.05, 0) is 41.8 Å². The first-order valence-corrected chi connectivity index (χ1v) is 8.25. The molecule has 1 aliphatic rings. The molecular weight excluding hydrogens is 326 g/mol. The third-order valence-corrected chi connectivity index (χ3v) is 4.78. The number of hydrogen-bond donors (Lipinski definition) is 0. The Kier molecular flexibility index (Phi) is 4.76. The van der Waals surface area contributed by atoms with Crippen LogP contribution in [0.4, 0.5) is 0 Å². The van der Waals surface area contributed by atoms with Gasteiger partial charge in [-0.15, -0.1) is 0 Å². The fraction of sp³-hybridized carbons (Fsp3) is 0.222. The molecule has 0 bridgehead atoms. The highest BCUT2D eigenvalue weighted by molar-refractivity contribution is 7.97. The third kappa shape index (κ3) is 3.23. The lowest BCUT2D eigenvalue weighted by molar-refractivity contribution is -0.173. The number of β-lactam (4-membered cyclic amide) rings is 1. The van der Waals surface area contributed by atoms with E-state index >= 15 is 0 Å². The first kappa shape index (κ1) is 16.4. The molecule has 1 heterocycles. The van der Waals surface area contributed by atoms with E-state index in [9.17, 15) is 9.59 Å². The molecule has 1 aliphatic heterocycles. The van der Waals surface area contributed by atoms with Crippen molar-refractivity contribution in [3.8, 4) is 5.75 Å². The number of benzene rings is 2. The molecule has 0 unspecified atom stereocenters. The Hall–Kier alpha value is -2.47. The molecule has 2 atom stereocenters. The lowest BCUT2D eigenvalue weighted by Gasteiger charge is -2.44. The second-order valence-corrected chi connectivity index (χ2v) is 6.36. The number of amides is 1. The zero-order valence-electron chi connectivity index (χ0n) is 13.3. The largest absolute Gasteiger partial charge is 0.497 e. The van der Waals surface area contributed by atoms with Crippen molar-refractivity contribution in [2.45, 2.75) is 24.0 Å². The molecule has 24 heavy (non-hydrogen) atoms. The van der Waals surface area contributed by atoms with Gasteiger partial charge in [0.15, 0.2) is 0 Å². The van der Waals surface area contributed by atoms with Crippen molar-refractivity contribution < 1.29 is 19.1 Å². The summed E-state index contributed by atoms with van der Waals surface area (Å²) in [7, 11) is 1.60. The van der Waals surface area contributed by atoms with Crippen molar-refractivity contribution in [2.75, 3.05) is 7.11 Å². The summed E-state index contributed by atoms with van der Waals surface area (Å²) in [6.07, 6.45) is -0.785. The Morgan fingerprint density at radius 2 is 1.75 bits per heavy atom. The van der Waals surface area contributed by atoms with Crippen molar-refractivity contribution in [3.05, 3.63) is 60.2 Å². The molecule has 6 heteroatoms. The fourth-order valence-electron chi connectivity index (χ4n) is 2.54. The zero-order chi connectivity index (χ0) is 17.1. The normalized spacial score (nSPS) is 19.6. The predicted molar refractivity (Wildman–Crippen MR) is 90.4 cm³/mol. The molecule has 0 N–H and O–H groups in total. The Balaban J connectivity index is 1.85. The minimum absolute atomic E-state index is 0.208. The van der Waals surface area contributed by atoms with Crippen molar-refractivity contribution >= 4 is 23.8 Å². The molecule has 5 nitrogen and oxygen atoms in total. The van der Waals surface area contributed by atoms with Gasteiger partial charge in [-0.1, -0.05) is 30.3 Å². The van der Waals surface area contributed by atoms with E-state index in [2.05, 4.69) is 0 Å². The minimum atomic E-state index is -0.785. The SMILES string of the molecule is COc1ccc([C@H]2[C@H](OC(C)=O)C(=O)N2Sc2ccccc2)cc1. The molecule has 0 aromatic heterocycles. The van der Waals surface area contributed by atoms with Gasteiger partial charge in [0, 0.05) is 11.8 Å². The number of carbonyl (C=O) groups excluding carboxylic acids is 2. The summed E-state index contributed by atoms with van der Waals surface area (Å²) in [4.78, 5) is 24.7. The summed E-state index contributed by atoms with van der Waals surface area (Å²) in [5, 5.41) is 0. The standard InChI is InChI=1S/C18H17NO4S/c1-12(20)23-17-16(13-8-10-14(22-2)11-9-13)19(18(17)21)24-15-6-4-3-5-7-15/h3-11,16-17H,1-2H3/t16-,17-/m0/s1. The summed E-state index contributed by atoms with van der Waals surface area (Å²) in [6, 6.07) is 16.7. The highest BCUT2D eigenvalue weighted by Gasteiger charge is 2.51. The first-order chi connectivity index (χ1) is 11.6. The Labute approximate surface area is 144 Å². The van der Waals surface area contributed by atoms with E-state index in [1.165, 1.54) is 18.9 Å². The van der Waals surface area contributed by atoms with Gasteiger partial charge < -0.3 is 9.47 Å². The number of ether oxygens (including phenoxy) is 2. The Morgan fingerprint density at radius 1 is 1.08 bits per heavy atom. The van der Waals surface area contributed by atoms with Gasteiger partial charge in [0.2, 0.25) is 6.10 Å². The summed E-state index contributed by atoms with van der Waals surface area (Å²) < 4.78 is 12.0. The number of rotatable bonds is 5. The molecule has 1 saturated heterocycles. The topological polar surface area (TPSA) is 55.8 Å². The van der Waals surface area contributed by atoms with Gasteiger partial charge in [-0.2, -0.15) is 0 Å². The average molecular weight is 343 g/mol. The molecule has 2 aromatic rings. The van der Waals surface area contributed by atoms with Crippen LogP contribution in [0, 0.1) is 0 Å². The lowest BCUT2D eigenvalue weighted by atomic mass is 9.93. The second kappa shape index (κ2) is 6.97.